The average molecular weight is 387 g/mol. The van der Waals surface area contributed by atoms with E-state index >= 15 is 0 Å². The molecule has 2 N–H and O–H groups in total. The van der Waals surface area contributed by atoms with Gasteiger partial charge in [0.1, 0.15) is 27.6 Å². The Morgan fingerprint density at radius 3 is 2.69 bits per heavy atom. The monoisotopic (exact) mass is 387 g/mol. The number of benzene rings is 2. The van der Waals surface area contributed by atoms with Crippen molar-refractivity contribution in [2.24, 2.45) is 0 Å². The molecular weight excluding hydrogens is 369 g/mol. The van der Waals surface area contributed by atoms with Crippen LogP contribution in [0.2, 0.25) is 0 Å². The van der Waals surface area contributed by atoms with E-state index in [1.54, 1.807) is 24.3 Å². The summed E-state index contributed by atoms with van der Waals surface area (Å²) < 4.78 is 39.7. The number of nitrogens with zero attached hydrogens (tertiary/aromatic N) is 3. The van der Waals surface area contributed by atoms with Gasteiger partial charge in [-0.25, -0.2) is 4.68 Å². The molecule has 0 bridgehead atoms. The fraction of sp³-hybridized carbons (Fsp3) is 0.250. The summed E-state index contributed by atoms with van der Waals surface area (Å²) in [7, 11) is -4.55. The van der Waals surface area contributed by atoms with Crippen LogP contribution in [-0.2, 0) is 10.1 Å². The van der Waals surface area contributed by atoms with E-state index in [4.69, 9.17) is 4.74 Å². The Labute approximate surface area is 174 Å². The zero-order chi connectivity index (χ0) is 18.0. The predicted molar refractivity (Wildman–Crippen MR) is 91.9 cm³/mol. The molecular formula is C16H18N3NaO5S. The molecule has 3 aromatic rings. The molecule has 134 valence electrons. The van der Waals surface area contributed by atoms with Crippen LogP contribution in [0.3, 0.4) is 0 Å². The number of aromatic hydroxyl groups is 1. The third-order valence-corrected chi connectivity index (χ3v) is 4.53. The zero-order valence-electron chi connectivity index (χ0n) is 15.5. The van der Waals surface area contributed by atoms with Crippen molar-refractivity contribution in [2.75, 3.05) is 6.61 Å². The minimum Gasteiger partial charge on any atom is -1.00 e. The summed E-state index contributed by atoms with van der Waals surface area (Å²) in [4.78, 5) is -0.434. The van der Waals surface area contributed by atoms with Gasteiger partial charge in [-0.1, -0.05) is 30.7 Å². The van der Waals surface area contributed by atoms with E-state index < -0.39 is 15.0 Å². The van der Waals surface area contributed by atoms with Crippen LogP contribution in [0.15, 0.2) is 41.3 Å². The van der Waals surface area contributed by atoms with E-state index in [1.165, 1.54) is 4.68 Å². The first-order valence-corrected chi connectivity index (χ1v) is 9.14. The quantitative estimate of drug-likeness (QED) is 0.338. The molecule has 0 spiro atoms. The Kier molecular flexibility index (Phi) is 6.64. The standard InChI is InChI=1S/C16H17N3O5S.Na.H/c1-2-3-8-24-15-10-14(20)13(9-16(15)25(21,22)23)19-12-7-5-4-6-11(12)17-18-19;;/h4-7,9-10,20H,2-3,8H2,1H3,(H,21,22,23);;/q;+1;-1. The summed E-state index contributed by atoms with van der Waals surface area (Å²) >= 11 is 0. The van der Waals surface area contributed by atoms with E-state index in [-0.39, 0.29) is 54.8 Å². The first-order valence-electron chi connectivity index (χ1n) is 7.70. The SMILES string of the molecule is CCCCOc1cc(O)c(-n2nnc3ccccc32)cc1S(=O)(=O)O.[H-].[Na+]. The third-order valence-electron chi connectivity index (χ3n) is 3.65. The van der Waals surface area contributed by atoms with Crippen LogP contribution in [0.1, 0.15) is 21.2 Å². The first-order chi connectivity index (χ1) is 11.9. The maximum atomic E-state index is 11.7. The van der Waals surface area contributed by atoms with Crippen molar-refractivity contribution in [3.63, 3.8) is 0 Å². The van der Waals surface area contributed by atoms with Gasteiger partial charge in [0.25, 0.3) is 10.1 Å². The molecule has 2 aromatic carbocycles. The molecule has 0 saturated heterocycles. The Bertz CT molecular complexity index is 1030. The van der Waals surface area contributed by atoms with Gasteiger partial charge in [-0.05, 0) is 24.6 Å². The van der Waals surface area contributed by atoms with E-state index in [2.05, 4.69) is 10.3 Å². The molecule has 0 fully saturated rings. The molecule has 0 aliphatic rings. The van der Waals surface area contributed by atoms with Crippen molar-refractivity contribution in [3.8, 4) is 17.2 Å². The summed E-state index contributed by atoms with van der Waals surface area (Å²) in [5.74, 6) is -0.351. The van der Waals surface area contributed by atoms with Crippen molar-refractivity contribution in [3.05, 3.63) is 36.4 Å². The Morgan fingerprint density at radius 1 is 1.27 bits per heavy atom. The predicted octanol–water partition coefficient (Wildman–Crippen LogP) is -0.332. The number of hydrogen-bond acceptors (Lipinski definition) is 6. The molecule has 0 saturated carbocycles. The number of rotatable bonds is 6. The number of ether oxygens (including phenoxy) is 1. The van der Waals surface area contributed by atoms with Crippen LogP contribution in [0.4, 0.5) is 0 Å². The largest absolute Gasteiger partial charge is 1.00 e. The second-order valence-corrected chi connectivity index (χ2v) is 6.84. The fourth-order valence-electron chi connectivity index (χ4n) is 2.40. The minimum atomic E-state index is -4.55. The van der Waals surface area contributed by atoms with E-state index in [0.717, 1.165) is 18.6 Å². The molecule has 0 radical (unpaired) electrons. The third kappa shape index (κ3) is 4.18. The normalized spacial score (nSPS) is 11.3. The summed E-state index contributed by atoms with van der Waals surface area (Å²) in [5, 5.41) is 18.2. The molecule has 1 aromatic heterocycles. The number of phenols is 1. The first kappa shape index (κ1) is 20.7. The summed E-state index contributed by atoms with van der Waals surface area (Å²) in [5.41, 5.74) is 1.24. The smallest absolute Gasteiger partial charge is 1.00 e. The molecule has 1 heterocycles. The topological polar surface area (TPSA) is 115 Å². The van der Waals surface area contributed by atoms with Gasteiger partial charge in [0.05, 0.1) is 12.1 Å². The van der Waals surface area contributed by atoms with Crippen LogP contribution in [-0.4, -0.2) is 39.7 Å². The van der Waals surface area contributed by atoms with Crippen molar-refractivity contribution < 1.29 is 53.8 Å². The van der Waals surface area contributed by atoms with Crippen molar-refractivity contribution >= 4 is 21.2 Å². The van der Waals surface area contributed by atoms with Gasteiger partial charge in [-0.15, -0.1) is 5.10 Å². The van der Waals surface area contributed by atoms with E-state index in [0.29, 0.717) is 17.5 Å². The molecule has 8 nitrogen and oxygen atoms in total. The summed E-state index contributed by atoms with van der Waals surface area (Å²) in [6.45, 7) is 2.23. The Hall–Kier alpha value is -1.65. The van der Waals surface area contributed by atoms with Gasteiger partial charge in [0.15, 0.2) is 0 Å². The van der Waals surface area contributed by atoms with Gasteiger partial charge < -0.3 is 11.3 Å². The van der Waals surface area contributed by atoms with Crippen molar-refractivity contribution in [1.82, 2.24) is 15.0 Å². The summed E-state index contributed by atoms with van der Waals surface area (Å²) in [6, 6.07) is 9.30. The number of fused-ring (bicyclic) bond motifs is 1. The number of unbranched alkanes of at least 4 members (excludes halogenated alkanes) is 1. The Morgan fingerprint density at radius 2 is 2.00 bits per heavy atom. The van der Waals surface area contributed by atoms with E-state index in [9.17, 15) is 18.1 Å². The maximum Gasteiger partial charge on any atom is 1.00 e. The molecule has 0 atom stereocenters. The van der Waals surface area contributed by atoms with Crippen LogP contribution in [0.5, 0.6) is 11.5 Å². The van der Waals surface area contributed by atoms with Crippen LogP contribution in [0.25, 0.3) is 16.7 Å². The van der Waals surface area contributed by atoms with Gasteiger partial charge in [-0.2, -0.15) is 8.42 Å². The molecule has 26 heavy (non-hydrogen) atoms. The number of hydrogen-bond donors (Lipinski definition) is 2. The van der Waals surface area contributed by atoms with Gasteiger partial charge in [0, 0.05) is 6.07 Å². The van der Waals surface area contributed by atoms with Gasteiger partial charge in [0.2, 0.25) is 0 Å². The number of phenolic OH excluding ortho intramolecular Hbond substituents is 1. The molecule has 0 amide bonds. The molecule has 3 rings (SSSR count). The zero-order valence-corrected chi connectivity index (χ0v) is 17.3. The minimum absolute atomic E-state index is 0. The maximum absolute atomic E-state index is 11.7. The molecule has 0 aliphatic heterocycles. The van der Waals surface area contributed by atoms with Gasteiger partial charge >= 0.3 is 29.6 Å². The summed E-state index contributed by atoms with van der Waals surface area (Å²) in [6.07, 6.45) is 1.57. The second kappa shape index (κ2) is 8.36. The average Bonchev–Trinajstić information content (AvgIpc) is 2.98. The molecule has 10 heteroatoms. The van der Waals surface area contributed by atoms with Crippen molar-refractivity contribution in [1.29, 1.82) is 0 Å². The number of aromatic nitrogens is 3. The molecule has 0 unspecified atom stereocenters. The van der Waals surface area contributed by atoms with E-state index in [1.807, 2.05) is 6.92 Å². The Balaban J connectivity index is 0.00000182. The van der Waals surface area contributed by atoms with Gasteiger partial charge in [-0.3, -0.25) is 4.55 Å². The van der Waals surface area contributed by atoms with Crippen LogP contribution in [0, 0.1) is 0 Å². The molecule has 0 aliphatic carbocycles. The van der Waals surface area contributed by atoms with Crippen LogP contribution < -0.4 is 34.3 Å². The van der Waals surface area contributed by atoms with Crippen molar-refractivity contribution in [2.45, 2.75) is 24.7 Å². The fourth-order valence-corrected chi connectivity index (χ4v) is 3.03. The van der Waals surface area contributed by atoms with Crippen LogP contribution >= 0.6 is 0 Å². The second-order valence-electron chi connectivity index (χ2n) is 5.45. The number of para-hydroxylation sites is 1.